The fourth-order valence-electron chi connectivity index (χ4n) is 2.05. The second-order valence-corrected chi connectivity index (χ2v) is 4.67. The van der Waals surface area contributed by atoms with Gasteiger partial charge in [0, 0.05) is 20.6 Å². The van der Waals surface area contributed by atoms with Crippen LogP contribution in [-0.4, -0.2) is 37.7 Å². The molecule has 0 unspecified atom stereocenters. The molecule has 0 aliphatic rings. The minimum Gasteiger partial charge on any atom is -0.490 e. The van der Waals surface area contributed by atoms with Gasteiger partial charge in [-0.15, -0.1) is 0 Å². The molecule has 0 bridgehead atoms. The van der Waals surface area contributed by atoms with Gasteiger partial charge in [-0.3, -0.25) is 0 Å². The molecule has 1 aromatic carbocycles. The number of nitrogens with one attached hydrogen (secondary N) is 2. The lowest BCUT2D eigenvalue weighted by molar-refractivity contribution is 0.415. The number of aromatic nitrogens is 2. The molecular formula is C15H21N5O. The average Bonchev–Trinajstić information content (AvgIpc) is 2.48. The minimum absolute atomic E-state index is 0.605. The number of rotatable bonds is 6. The summed E-state index contributed by atoms with van der Waals surface area (Å²) in [6.07, 6.45) is 1.52. The van der Waals surface area contributed by atoms with Crippen LogP contribution in [0.4, 0.5) is 23.0 Å². The molecule has 0 atom stereocenters. The summed E-state index contributed by atoms with van der Waals surface area (Å²) in [4.78, 5) is 10.5. The summed E-state index contributed by atoms with van der Waals surface area (Å²) in [7, 11) is 5.62. The molecule has 2 rings (SSSR count). The van der Waals surface area contributed by atoms with E-state index in [0.29, 0.717) is 17.4 Å². The predicted octanol–water partition coefficient (Wildman–Crippen LogP) is 2.73. The molecule has 0 fully saturated rings. The van der Waals surface area contributed by atoms with E-state index < -0.39 is 0 Å². The van der Waals surface area contributed by atoms with E-state index in [2.05, 4.69) is 20.6 Å². The van der Waals surface area contributed by atoms with Gasteiger partial charge in [0.15, 0.2) is 11.6 Å². The first kappa shape index (κ1) is 14.9. The first-order valence-corrected chi connectivity index (χ1v) is 6.83. The molecule has 6 heteroatoms. The molecule has 1 aromatic heterocycles. The Kier molecular flexibility index (Phi) is 4.81. The van der Waals surface area contributed by atoms with E-state index in [1.54, 1.807) is 7.11 Å². The highest BCUT2D eigenvalue weighted by molar-refractivity contribution is 5.77. The lowest BCUT2D eigenvalue weighted by atomic mass is 10.2. The van der Waals surface area contributed by atoms with E-state index in [1.807, 2.05) is 50.2 Å². The molecule has 0 radical (unpaired) electrons. The Morgan fingerprint density at radius 1 is 1.14 bits per heavy atom. The van der Waals surface area contributed by atoms with E-state index >= 15 is 0 Å². The summed E-state index contributed by atoms with van der Waals surface area (Å²) in [5.74, 6) is 1.92. The molecule has 0 aliphatic heterocycles. The normalized spacial score (nSPS) is 10.1. The van der Waals surface area contributed by atoms with E-state index in [-0.39, 0.29) is 0 Å². The number of hydrogen-bond acceptors (Lipinski definition) is 6. The Balaban J connectivity index is 2.38. The van der Waals surface area contributed by atoms with Crippen LogP contribution in [0.5, 0.6) is 5.75 Å². The quantitative estimate of drug-likeness (QED) is 0.852. The number of nitrogens with zero attached hydrogens (tertiary/aromatic N) is 3. The molecule has 0 saturated heterocycles. The van der Waals surface area contributed by atoms with Gasteiger partial charge in [-0.1, -0.05) is 12.1 Å². The molecule has 112 valence electrons. The molecular weight excluding hydrogens is 266 g/mol. The molecule has 0 saturated carbocycles. The van der Waals surface area contributed by atoms with Gasteiger partial charge >= 0.3 is 0 Å². The summed E-state index contributed by atoms with van der Waals surface area (Å²) in [5.41, 5.74) is 2.03. The molecule has 0 aliphatic carbocycles. The van der Waals surface area contributed by atoms with Crippen molar-refractivity contribution in [3.05, 3.63) is 30.6 Å². The maximum atomic E-state index is 5.44. The van der Waals surface area contributed by atoms with Crippen LogP contribution in [0.1, 0.15) is 6.92 Å². The number of para-hydroxylation sites is 2. The Hall–Kier alpha value is -2.50. The van der Waals surface area contributed by atoms with Gasteiger partial charge in [-0.25, -0.2) is 9.97 Å². The molecule has 1 heterocycles. The van der Waals surface area contributed by atoms with Gasteiger partial charge in [0.05, 0.1) is 18.5 Å². The first-order valence-electron chi connectivity index (χ1n) is 6.83. The van der Waals surface area contributed by atoms with Crippen molar-refractivity contribution in [2.24, 2.45) is 0 Å². The van der Waals surface area contributed by atoms with Crippen LogP contribution in [-0.2, 0) is 0 Å². The summed E-state index contributed by atoms with van der Waals surface area (Å²) in [6, 6.07) is 8.03. The number of benzene rings is 1. The van der Waals surface area contributed by atoms with E-state index in [0.717, 1.165) is 17.9 Å². The Labute approximate surface area is 125 Å². The SMILES string of the molecule is CCNc1ncnc(Nc2ccccc2N(C)C)c1OC. The van der Waals surface area contributed by atoms with Gasteiger partial charge in [0.1, 0.15) is 6.33 Å². The summed E-state index contributed by atoms with van der Waals surface area (Å²) in [6.45, 7) is 2.77. The van der Waals surface area contributed by atoms with Crippen LogP contribution in [0, 0.1) is 0 Å². The molecule has 2 N–H and O–H groups in total. The summed E-state index contributed by atoms with van der Waals surface area (Å²) >= 11 is 0. The van der Waals surface area contributed by atoms with Crippen LogP contribution in [0.2, 0.25) is 0 Å². The third-order valence-electron chi connectivity index (χ3n) is 2.99. The van der Waals surface area contributed by atoms with Gasteiger partial charge in [-0.05, 0) is 19.1 Å². The minimum atomic E-state index is 0.605. The van der Waals surface area contributed by atoms with Crippen LogP contribution in [0.3, 0.4) is 0 Å². The van der Waals surface area contributed by atoms with Gasteiger partial charge in [-0.2, -0.15) is 0 Å². The third kappa shape index (κ3) is 3.34. The fraction of sp³-hybridized carbons (Fsp3) is 0.333. The van der Waals surface area contributed by atoms with Crippen molar-refractivity contribution in [3.8, 4) is 5.75 Å². The second kappa shape index (κ2) is 6.78. The highest BCUT2D eigenvalue weighted by Crippen LogP contribution is 2.34. The topological polar surface area (TPSA) is 62.3 Å². The second-order valence-electron chi connectivity index (χ2n) is 4.67. The highest BCUT2D eigenvalue weighted by atomic mass is 16.5. The fourth-order valence-corrected chi connectivity index (χ4v) is 2.05. The lowest BCUT2D eigenvalue weighted by Crippen LogP contribution is -2.11. The summed E-state index contributed by atoms with van der Waals surface area (Å²) < 4.78 is 5.44. The number of anilines is 4. The van der Waals surface area contributed by atoms with Crippen molar-refractivity contribution in [1.29, 1.82) is 0 Å². The first-order chi connectivity index (χ1) is 10.2. The van der Waals surface area contributed by atoms with Gasteiger partial charge in [0.25, 0.3) is 0 Å². The van der Waals surface area contributed by atoms with Gasteiger partial charge in [0.2, 0.25) is 5.75 Å². The standard InChI is InChI=1S/C15H21N5O/c1-5-16-14-13(21-4)15(18-10-17-14)19-11-8-6-7-9-12(11)20(2)3/h6-10H,5H2,1-4H3,(H2,16,17,18,19). The molecule has 2 aromatic rings. The number of ether oxygens (including phenoxy) is 1. The van der Waals surface area contributed by atoms with Crippen molar-refractivity contribution in [2.75, 3.05) is 43.3 Å². The maximum absolute atomic E-state index is 5.44. The van der Waals surface area contributed by atoms with Gasteiger partial charge < -0.3 is 20.3 Å². The number of hydrogen-bond donors (Lipinski definition) is 2. The lowest BCUT2D eigenvalue weighted by Gasteiger charge is -2.19. The van der Waals surface area contributed by atoms with Crippen molar-refractivity contribution < 1.29 is 4.74 Å². The summed E-state index contributed by atoms with van der Waals surface area (Å²) in [5, 5.41) is 6.48. The Morgan fingerprint density at radius 3 is 2.52 bits per heavy atom. The monoisotopic (exact) mass is 287 g/mol. The zero-order valence-corrected chi connectivity index (χ0v) is 12.8. The predicted molar refractivity (Wildman–Crippen MR) is 86.8 cm³/mol. The zero-order valence-electron chi connectivity index (χ0n) is 12.8. The highest BCUT2D eigenvalue weighted by Gasteiger charge is 2.13. The van der Waals surface area contributed by atoms with Crippen molar-refractivity contribution >= 4 is 23.0 Å². The van der Waals surface area contributed by atoms with Crippen LogP contribution >= 0.6 is 0 Å². The van der Waals surface area contributed by atoms with Crippen molar-refractivity contribution in [2.45, 2.75) is 6.92 Å². The molecule has 6 nitrogen and oxygen atoms in total. The molecule has 21 heavy (non-hydrogen) atoms. The van der Waals surface area contributed by atoms with Crippen LogP contribution in [0.15, 0.2) is 30.6 Å². The van der Waals surface area contributed by atoms with E-state index in [1.165, 1.54) is 6.33 Å². The third-order valence-corrected chi connectivity index (χ3v) is 2.99. The van der Waals surface area contributed by atoms with Crippen molar-refractivity contribution in [1.82, 2.24) is 9.97 Å². The Morgan fingerprint density at radius 2 is 1.86 bits per heavy atom. The zero-order chi connectivity index (χ0) is 15.2. The van der Waals surface area contributed by atoms with E-state index in [4.69, 9.17) is 4.74 Å². The molecule has 0 amide bonds. The molecule has 0 spiro atoms. The Bertz CT molecular complexity index is 600. The number of methoxy groups -OCH3 is 1. The van der Waals surface area contributed by atoms with Crippen molar-refractivity contribution in [3.63, 3.8) is 0 Å². The van der Waals surface area contributed by atoms with Crippen LogP contribution < -0.4 is 20.3 Å². The largest absolute Gasteiger partial charge is 0.490 e. The average molecular weight is 287 g/mol. The smallest absolute Gasteiger partial charge is 0.204 e. The van der Waals surface area contributed by atoms with Crippen LogP contribution in [0.25, 0.3) is 0 Å². The maximum Gasteiger partial charge on any atom is 0.204 e. The van der Waals surface area contributed by atoms with E-state index in [9.17, 15) is 0 Å².